The Bertz CT molecular complexity index is 703. The van der Waals surface area contributed by atoms with Gasteiger partial charge in [-0.3, -0.25) is 4.79 Å². The first kappa shape index (κ1) is 14.9. The number of aromatic nitrogens is 1. The summed E-state index contributed by atoms with van der Waals surface area (Å²) in [5.41, 5.74) is 0.109. The Morgan fingerprint density at radius 3 is 2.55 bits per heavy atom. The van der Waals surface area contributed by atoms with Crippen molar-refractivity contribution in [1.82, 2.24) is 10.5 Å². The van der Waals surface area contributed by atoms with Crippen LogP contribution in [0.3, 0.4) is 0 Å². The first-order chi connectivity index (χ1) is 10.5. The number of halogens is 3. The van der Waals surface area contributed by atoms with Crippen molar-refractivity contribution in [3.8, 4) is 0 Å². The second kappa shape index (κ2) is 6.00. The van der Waals surface area contributed by atoms with Crippen LogP contribution in [0.4, 0.5) is 13.2 Å². The first-order valence-corrected chi connectivity index (χ1v) is 7.08. The minimum atomic E-state index is -1.45. The molecule has 0 radical (unpaired) electrons. The molecule has 0 spiro atoms. The predicted molar refractivity (Wildman–Crippen MR) is 73.1 cm³/mol. The van der Waals surface area contributed by atoms with Gasteiger partial charge in [0.05, 0.1) is 0 Å². The molecule has 22 heavy (non-hydrogen) atoms. The molecule has 1 aromatic carbocycles. The summed E-state index contributed by atoms with van der Waals surface area (Å²) in [4.78, 5) is 11.1. The van der Waals surface area contributed by atoms with E-state index in [1.165, 1.54) is 6.07 Å². The van der Waals surface area contributed by atoms with E-state index >= 15 is 0 Å². The maximum atomic E-state index is 13.2. The van der Waals surface area contributed by atoms with Gasteiger partial charge in [-0.1, -0.05) is 0 Å². The van der Waals surface area contributed by atoms with Crippen molar-refractivity contribution in [1.29, 1.82) is 0 Å². The van der Waals surface area contributed by atoms with E-state index in [0.717, 1.165) is 18.6 Å². The van der Waals surface area contributed by atoms with Gasteiger partial charge < -0.3 is 9.84 Å². The average molecular weight is 312 g/mol. The fourth-order valence-electron chi connectivity index (χ4n) is 2.93. The standard InChI is InChI=1S/C15H15F3N2O2/c16-11-4-8(5-12(17)15(11)18)3-10-6-9(1-2-19-10)13-7-14(21)20-22-13/h4-5,7,9-10,19H,1-3,6H2,(H,20,21)/t9-,10+/m0/s1. The Morgan fingerprint density at radius 1 is 1.18 bits per heavy atom. The summed E-state index contributed by atoms with van der Waals surface area (Å²) in [6.07, 6.45) is 1.85. The van der Waals surface area contributed by atoms with Gasteiger partial charge in [0.1, 0.15) is 5.76 Å². The molecule has 7 heteroatoms. The smallest absolute Gasteiger partial charge is 0.280 e. The van der Waals surface area contributed by atoms with Crippen LogP contribution < -0.4 is 10.9 Å². The molecule has 0 saturated carbocycles. The fourth-order valence-corrected chi connectivity index (χ4v) is 2.93. The molecule has 2 aromatic rings. The van der Waals surface area contributed by atoms with Crippen molar-refractivity contribution in [2.24, 2.45) is 0 Å². The van der Waals surface area contributed by atoms with Gasteiger partial charge in [0.25, 0.3) is 5.56 Å². The molecule has 1 aliphatic heterocycles. The fraction of sp³-hybridized carbons (Fsp3) is 0.400. The molecule has 0 bridgehead atoms. The van der Waals surface area contributed by atoms with Crippen molar-refractivity contribution >= 4 is 0 Å². The van der Waals surface area contributed by atoms with Gasteiger partial charge >= 0.3 is 0 Å². The molecular weight excluding hydrogens is 297 g/mol. The first-order valence-electron chi connectivity index (χ1n) is 7.08. The summed E-state index contributed by atoms with van der Waals surface area (Å²) in [5, 5.41) is 5.52. The Labute approximate surface area is 124 Å². The monoisotopic (exact) mass is 312 g/mol. The zero-order chi connectivity index (χ0) is 15.7. The van der Waals surface area contributed by atoms with E-state index < -0.39 is 17.5 Å². The van der Waals surface area contributed by atoms with Crippen molar-refractivity contribution in [3.05, 3.63) is 57.3 Å². The topological polar surface area (TPSA) is 58.0 Å². The number of benzene rings is 1. The highest BCUT2D eigenvalue weighted by molar-refractivity contribution is 5.21. The third kappa shape index (κ3) is 3.09. The Hall–Kier alpha value is -2.02. The normalized spacial score (nSPS) is 22.0. The molecule has 4 nitrogen and oxygen atoms in total. The average Bonchev–Trinajstić information content (AvgIpc) is 2.92. The minimum absolute atomic E-state index is 0.0248. The molecule has 0 amide bonds. The SMILES string of the molecule is O=c1cc([C@H]2CCN[C@H](Cc3cc(F)c(F)c(F)c3)C2)o[nH]1. The molecule has 2 heterocycles. The van der Waals surface area contributed by atoms with Crippen LogP contribution in [-0.4, -0.2) is 17.7 Å². The summed E-state index contributed by atoms with van der Waals surface area (Å²) >= 11 is 0. The third-order valence-electron chi connectivity index (χ3n) is 3.97. The highest BCUT2D eigenvalue weighted by Crippen LogP contribution is 2.28. The number of hydrogen-bond donors (Lipinski definition) is 2. The Morgan fingerprint density at radius 2 is 1.91 bits per heavy atom. The molecule has 0 aliphatic carbocycles. The lowest BCUT2D eigenvalue weighted by Gasteiger charge is -2.29. The molecule has 118 valence electrons. The predicted octanol–water partition coefficient (Wildman–Crippen LogP) is 2.46. The number of aromatic amines is 1. The lowest BCUT2D eigenvalue weighted by Crippen LogP contribution is -2.38. The van der Waals surface area contributed by atoms with E-state index in [4.69, 9.17) is 4.52 Å². The van der Waals surface area contributed by atoms with Crippen LogP contribution >= 0.6 is 0 Å². The molecule has 2 atom stereocenters. The largest absolute Gasteiger partial charge is 0.383 e. The van der Waals surface area contributed by atoms with Gasteiger partial charge in [-0.15, -0.1) is 0 Å². The van der Waals surface area contributed by atoms with Crippen LogP contribution in [-0.2, 0) is 6.42 Å². The van der Waals surface area contributed by atoms with Crippen molar-refractivity contribution in [3.63, 3.8) is 0 Å². The maximum absolute atomic E-state index is 13.2. The molecule has 1 aromatic heterocycles. The van der Waals surface area contributed by atoms with Gasteiger partial charge in [0.2, 0.25) is 0 Å². The minimum Gasteiger partial charge on any atom is -0.383 e. The van der Waals surface area contributed by atoms with E-state index in [2.05, 4.69) is 10.5 Å². The van der Waals surface area contributed by atoms with E-state index in [0.29, 0.717) is 30.7 Å². The lowest BCUT2D eigenvalue weighted by molar-refractivity contribution is 0.292. The van der Waals surface area contributed by atoms with Gasteiger partial charge in [-0.25, -0.2) is 13.2 Å². The van der Waals surface area contributed by atoms with Crippen LogP contribution in [0, 0.1) is 17.5 Å². The highest BCUT2D eigenvalue weighted by Gasteiger charge is 2.26. The highest BCUT2D eigenvalue weighted by atomic mass is 19.2. The summed E-state index contributed by atoms with van der Waals surface area (Å²) in [7, 11) is 0. The van der Waals surface area contributed by atoms with Crippen LogP contribution in [0.5, 0.6) is 0 Å². The molecule has 1 saturated heterocycles. The molecule has 0 unspecified atom stereocenters. The number of H-pyrrole nitrogens is 1. The lowest BCUT2D eigenvalue weighted by atomic mass is 9.87. The molecule has 1 aliphatic rings. The summed E-state index contributed by atoms with van der Waals surface area (Å²) in [5.74, 6) is -3.15. The van der Waals surface area contributed by atoms with Crippen LogP contribution in [0.15, 0.2) is 27.5 Å². The molecule has 3 rings (SSSR count). The van der Waals surface area contributed by atoms with Crippen molar-refractivity contribution < 1.29 is 17.7 Å². The zero-order valence-electron chi connectivity index (χ0n) is 11.7. The second-order valence-electron chi connectivity index (χ2n) is 5.57. The van der Waals surface area contributed by atoms with E-state index in [1.54, 1.807) is 0 Å². The quantitative estimate of drug-likeness (QED) is 0.856. The Balaban J connectivity index is 1.71. The molecule has 2 N–H and O–H groups in total. The zero-order valence-corrected chi connectivity index (χ0v) is 11.7. The number of rotatable bonds is 3. The van der Waals surface area contributed by atoms with E-state index in [9.17, 15) is 18.0 Å². The van der Waals surface area contributed by atoms with Crippen LogP contribution in [0.25, 0.3) is 0 Å². The van der Waals surface area contributed by atoms with Crippen molar-refractivity contribution in [2.75, 3.05) is 6.54 Å². The van der Waals surface area contributed by atoms with Gasteiger partial charge in [0.15, 0.2) is 17.5 Å². The van der Waals surface area contributed by atoms with Crippen LogP contribution in [0.1, 0.15) is 30.1 Å². The second-order valence-corrected chi connectivity index (χ2v) is 5.57. The van der Waals surface area contributed by atoms with Crippen molar-refractivity contribution in [2.45, 2.75) is 31.2 Å². The molecular formula is C15H15F3N2O2. The number of hydrogen-bond acceptors (Lipinski definition) is 3. The number of nitrogens with one attached hydrogen (secondary N) is 2. The van der Waals surface area contributed by atoms with Gasteiger partial charge in [-0.2, -0.15) is 5.16 Å². The summed E-state index contributed by atoms with van der Waals surface area (Å²) in [6, 6.07) is 3.42. The van der Waals surface area contributed by atoms with E-state index in [1.807, 2.05) is 0 Å². The third-order valence-corrected chi connectivity index (χ3v) is 3.97. The van der Waals surface area contributed by atoms with E-state index in [-0.39, 0.29) is 17.5 Å². The van der Waals surface area contributed by atoms with Gasteiger partial charge in [-0.05, 0) is 43.5 Å². The summed E-state index contributed by atoms with van der Waals surface area (Å²) in [6.45, 7) is 0.705. The van der Waals surface area contributed by atoms with Gasteiger partial charge in [0, 0.05) is 18.0 Å². The Kier molecular flexibility index (Phi) is 4.06. The summed E-state index contributed by atoms with van der Waals surface area (Å²) < 4.78 is 44.6. The molecule has 1 fully saturated rings. The maximum Gasteiger partial charge on any atom is 0.280 e. The number of piperidine rings is 1. The van der Waals surface area contributed by atoms with Crippen LogP contribution in [0.2, 0.25) is 0 Å².